The molecule has 4 amide bonds. The number of fused-ring (bicyclic) bond motifs is 1. The minimum atomic E-state index is -0.679. The molecule has 3 aliphatic heterocycles. The van der Waals surface area contributed by atoms with Crippen molar-refractivity contribution in [3.63, 3.8) is 0 Å². The number of amides is 4. The van der Waals surface area contributed by atoms with Crippen LogP contribution in [0.2, 0.25) is 0 Å². The fourth-order valence-corrected chi connectivity index (χ4v) is 5.24. The van der Waals surface area contributed by atoms with Crippen molar-refractivity contribution in [2.24, 2.45) is 0 Å². The number of imide groups is 1. The molecule has 6 rings (SSSR count). The van der Waals surface area contributed by atoms with Crippen LogP contribution in [0.3, 0.4) is 0 Å². The molecular weight excluding hydrogens is 514 g/mol. The van der Waals surface area contributed by atoms with Gasteiger partial charge in [-0.15, -0.1) is 5.10 Å². The lowest BCUT2D eigenvalue weighted by molar-refractivity contribution is -0.136. The third-order valence-corrected chi connectivity index (χ3v) is 7.53. The molecule has 40 heavy (non-hydrogen) atoms. The highest BCUT2D eigenvalue weighted by Gasteiger charge is 2.39. The second kappa shape index (κ2) is 11.0. The molecule has 2 N–H and O–H groups in total. The van der Waals surface area contributed by atoms with Crippen LogP contribution >= 0.6 is 0 Å². The molecule has 1 atom stereocenters. The average molecular weight is 544 g/mol. The Labute approximate surface area is 230 Å². The van der Waals surface area contributed by atoms with E-state index < -0.39 is 17.9 Å². The van der Waals surface area contributed by atoms with Crippen LogP contribution in [0.25, 0.3) is 5.69 Å². The molecule has 2 fully saturated rings. The van der Waals surface area contributed by atoms with Crippen LogP contribution in [0.1, 0.15) is 44.8 Å². The molecule has 12 heteroatoms. The Morgan fingerprint density at radius 2 is 1.88 bits per heavy atom. The number of nitrogens with one attached hydrogen (secondary N) is 2. The van der Waals surface area contributed by atoms with Gasteiger partial charge in [-0.2, -0.15) is 0 Å². The van der Waals surface area contributed by atoms with E-state index in [-0.39, 0.29) is 30.5 Å². The number of rotatable bonds is 7. The van der Waals surface area contributed by atoms with Crippen molar-refractivity contribution in [1.29, 1.82) is 0 Å². The number of aromatic nitrogens is 3. The molecule has 206 valence electrons. The van der Waals surface area contributed by atoms with Gasteiger partial charge in [0.25, 0.3) is 11.8 Å². The first-order valence-electron chi connectivity index (χ1n) is 13.4. The summed E-state index contributed by atoms with van der Waals surface area (Å²) >= 11 is 0. The van der Waals surface area contributed by atoms with Crippen LogP contribution in [0.4, 0.5) is 5.69 Å². The van der Waals surface area contributed by atoms with Crippen molar-refractivity contribution in [2.75, 3.05) is 38.2 Å². The van der Waals surface area contributed by atoms with Gasteiger partial charge in [0.05, 0.1) is 25.1 Å². The second-order valence-electron chi connectivity index (χ2n) is 10.1. The third-order valence-electron chi connectivity index (χ3n) is 7.53. The lowest BCUT2D eigenvalue weighted by Crippen LogP contribution is -2.52. The molecule has 4 heterocycles. The molecule has 1 aromatic heterocycles. The summed E-state index contributed by atoms with van der Waals surface area (Å²) in [5.41, 5.74) is 3.79. The average Bonchev–Trinajstić information content (AvgIpc) is 3.59. The van der Waals surface area contributed by atoms with Gasteiger partial charge in [-0.1, -0.05) is 23.4 Å². The van der Waals surface area contributed by atoms with Crippen molar-refractivity contribution in [3.8, 4) is 5.69 Å². The molecule has 2 aromatic carbocycles. The number of hydrogen-bond donors (Lipinski definition) is 2. The zero-order valence-electron chi connectivity index (χ0n) is 21.8. The van der Waals surface area contributed by atoms with Gasteiger partial charge in [-0.3, -0.25) is 29.4 Å². The Balaban J connectivity index is 1.08. The first kappa shape index (κ1) is 25.8. The molecular formula is C28H29N7O5. The highest BCUT2D eigenvalue weighted by molar-refractivity contribution is 6.05. The largest absolute Gasteiger partial charge is 0.379 e. The zero-order valence-corrected chi connectivity index (χ0v) is 21.8. The lowest BCUT2D eigenvalue weighted by Gasteiger charge is -2.29. The van der Waals surface area contributed by atoms with Gasteiger partial charge in [-0.25, -0.2) is 4.68 Å². The lowest BCUT2D eigenvalue weighted by atomic mass is 10.0. The number of carbonyl (C=O) groups excluding carboxylic acids is 4. The Kier molecular flexibility index (Phi) is 7.10. The maximum atomic E-state index is 13.1. The fourth-order valence-electron chi connectivity index (χ4n) is 5.24. The Bertz CT molecular complexity index is 1460. The Hall–Kier alpha value is -4.42. The number of ether oxygens (including phenoxy) is 1. The third kappa shape index (κ3) is 5.36. The summed E-state index contributed by atoms with van der Waals surface area (Å²) in [5, 5.41) is 13.2. The van der Waals surface area contributed by atoms with E-state index in [0.717, 1.165) is 44.8 Å². The van der Waals surface area contributed by atoms with E-state index in [1.54, 1.807) is 18.2 Å². The van der Waals surface area contributed by atoms with Gasteiger partial charge >= 0.3 is 0 Å². The predicted octanol–water partition coefficient (Wildman–Crippen LogP) is 1.16. The van der Waals surface area contributed by atoms with Gasteiger partial charge < -0.3 is 15.0 Å². The van der Waals surface area contributed by atoms with Gasteiger partial charge in [0.15, 0.2) is 5.69 Å². The van der Waals surface area contributed by atoms with E-state index in [1.807, 2.05) is 24.3 Å². The smallest absolute Gasteiger partial charge is 0.277 e. The van der Waals surface area contributed by atoms with Crippen molar-refractivity contribution in [3.05, 3.63) is 71.0 Å². The Morgan fingerprint density at radius 3 is 2.65 bits per heavy atom. The molecule has 0 radical (unpaired) electrons. The van der Waals surface area contributed by atoms with Crippen LogP contribution in [-0.2, 0) is 27.3 Å². The fraction of sp³-hybridized carbons (Fsp3) is 0.357. The summed E-state index contributed by atoms with van der Waals surface area (Å²) in [6.07, 6.45) is 2.93. The minimum absolute atomic E-state index is 0.133. The van der Waals surface area contributed by atoms with Gasteiger partial charge in [0, 0.05) is 43.9 Å². The van der Waals surface area contributed by atoms with E-state index in [4.69, 9.17) is 4.74 Å². The predicted molar refractivity (Wildman–Crippen MR) is 143 cm³/mol. The Morgan fingerprint density at radius 1 is 1.07 bits per heavy atom. The quantitative estimate of drug-likeness (QED) is 0.424. The normalized spacial score (nSPS) is 19.4. The maximum Gasteiger partial charge on any atom is 0.277 e. The van der Waals surface area contributed by atoms with Crippen LogP contribution in [0, 0.1) is 0 Å². The number of anilines is 1. The summed E-state index contributed by atoms with van der Waals surface area (Å²) in [6.45, 7) is 4.74. The van der Waals surface area contributed by atoms with Crippen LogP contribution in [0.15, 0.2) is 48.7 Å². The number of hydrogen-bond acceptors (Lipinski definition) is 8. The number of piperidine rings is 1. The molecule has 0 saturated carbocycles. The van der Waals surface area contributed by atoms with Crippen molar-refractivity contribution < 1.29 is 23.9 Å². The molecule has 3 aliphatic rings. The van der Waals surface area contributed by atoms with E-state index >= 15 is 0 Å². The first-order valence-corrected chi connectivity index (χ1v) is 13.4. The highest BCUT2D eigenvalue weighted by atomic mass is 16.5. The molecule has 0 aliphatic carbocycles. The van der Waals surface area contributed by atoms with Crippen molar-refractivity contribution in [1.82, 2.24) is 30.1 Å². The van der Waals surface area contributed by atoms with Gasteiger partial charge in [0.2, 0.25) is 11.8 Å². The number of carbonyl (C=O) groups is 4. The van der Waals surface area contributed by atoms with Gasteiger partial charge in [-0.05, 0) is 48.2 Å². The SMILES string of the molecule is O=C1CCC(N2Cc3ccc(-n4cc(C(=O)Nc5ccc(CCN6CCOCC6)cc5)nn4)cc3C2=O)C(=O)N1. The monoisotopic (exact) mass is 543 g/mol. The van der Waals surface area contributed by atoms with Crippen LogP contribution in [-0.4, -0.2) is 87.3 Å². The molecule has 2 saturated heterocycles. The molecule has 3 aromatic rings. The topological polar surface area (TPSA) is 139 Å². The summed E-state index contributed by atoms with van der Waals surface area (Å²) in [6, 6.07) is 12.3. The number of nitrogens with zero attached hydrogens (tertiary/aromatic N) is 5. The number of morpholine rings is 1. The zero-order chi connectivity index (χ0) is 27.6. The van der Waals surface area contributed by atoms with Crippen LogP contribution in [0.5, 0.6) is 0 Å². The molecule has 0 spiro atoms. The van der Waals surface area contributed by atoms with E-state index in [0.29, 0.717) is 23.4 Å². The molecule has 12 nitrogen and oxygen atoms in total. The molecule has 1 unspecified atom stereocenters. The first-order chi connectivity index (χ1) is 19.4. The van der Waals surface area contributed by atoms with Crippen molar-refractivity contribution >= 4 is 29.3 Å². The summed E-state index contributed by atoms with van der Waals surface area (Å²) in [7, 11) is 0. The summed E-state index contributed by atoms with van der Waals surface area (Å²) in [4.78, 5) is 53.6. The standard InChI is InChI=1S/C28H29N7O5/c36-25-8-7-24(27(38)30-25)34-16-19-3-6-21(15-22(19)28(34)39)35-17-23(31-32-35)26(37)29-20-4-1-18(2-5-20)9-10-33-11-13-40-14-12-33/h1-6,15,17,24H,7-14,16H2,(H,29,37)(H,30,36,38). The van der Waals surface area contributed by atoms with Crippen molar-refractivity contribution in [2.45, 2.75) is 31.8 Å². The van der Waals surface area contributed by atoms with E-state index in [2.05, 4.69) is 25.8 Å². The van der Waals surface area contributed by atoms with Crippen LogP contribution < -0.4 is 10.6 Å². The summed E-state index contributed by atoms with van der Waals surface area (Å²) in [5.74, 6) is -1.45. The molecule has 0 bridgehead atoms. The second-order valence-corrected chi connectivity index (χ2v) is 10.1. The van der Waals surface area contributed by atoms with E-state index in [9.17, 15) is 19.2 Å². The van der Waals surface area contributed by atoms with E-state index in [1.165, 1.54) is 21.3 Å². The highest BCUT2D eigenvalue weighted by Crippen LogP contribution is 2.29. The maximum absolute atomic E-state index is 13.1. The van der Waals surface area contributed by atoms with Gasteiger partial charge in [0.1, 0.15) is 6.04 Å². The number of benzene rings is 2. The summed E-state index contributed by atoms with van der Waals surface area (Å²) < 4.78 is 6.83. The minimum Gasteiger partial charge on any atom is -0.379 e.